The van der Waals surface area contributed by atoms with E-state index in [1.54, 1.807) is 0 Å². The summed E-state index contributed by atoms with van der Waals surface area (Å²) in [6.07, 6.45) is 0. The predicted octanol–water partition coefficient (Wildman–Crippen LogP) is 4.51. The van der Waals surface area contributed by atoms with Crippen LogP contribution < -0.4 is 5.32 Å². The molecular weight excluding hydrogens is 314 g/mol. The molecule has 2 aromatic rings. The number of nitrogens with zero attached hydrogens (tertiary/aromatic N) is 2. The summed E-state index contributed by atoms with van der Waals surface area (Å²) < 4.78 is 1.06. The van der Waals surface area contributed by atoms with Gasteiger partial charge in [0.2, 0.25) is 0 Å². The van der Waals surface area contributed by atoms with Gasteiger partial charge in [0.05, 0.1) is 16.9 Å². The van der Waals surface area contributed by atoms with E-state index in [9.17, 15) is 5.26 Å². The number of aryl methyl sites for hydroxylation is 2. The molecular formula is C16H16BrN3. The zero-order valence-corrected chi connectivity index (χ0v) is 13.3. The second-order valence-corrected chi connectivity index (χ2v) is 5.72. The molecule has 0 aliphatic heterocycles. The van der Waals surface area contributed by atoms with Gasteiger partial charge in [-0.1, -0.05) is 28.1 Å². The van der Waals surface area contributed by atoms with Crippen LogP contribution in [0, 0.1) is 25.2 Å². The van der Waals surface area contributed by atoms with Crippen molar-refractivity contribution in [2.75, 3.05) is 5.32 Å². The van der Waals surface area contributed by atoms with Crippen LogP contribution in [-0.2, 0) is 0 Å². The number of benzene rings is 1. The van der Waals surface area contributed by atoms with Gasteiger partial charge in [0.15, 0.2) is 0 Å². The highest BCUT2D eigenvalue weighted by Gasteiger charge is 2.11. The quantitative estimate of drug-likeness (QED) is 0.901. The molecule has 2 rings (SSSR count). The summed E-state index contributed by atoms with van der Waals surface area (Å²) in [7, 11) is 0. The number of nitrogens with one attached hydrogen (secondary N) is 1. The highest BCUT2D eigenvalue weighted by molar-refractivity contribution is 9.10. The fourth-order valence-corrected chi connectivity index (χ4v) is 2.42. The van der Waals surface area contributed by atoms with Crippen LogP contribution in [0.15, 0.2) is 34.8 Å². The average Bonchev–Trinajstić information content (AvgIpc) is 2.39. The summed E-state index contributed by atoms with van der Waals surface area (Å²) in [4.78, 5) is 4.33. The summed E-state index contributed by atoms with van der Waals surface area (Å²) in [5.74, 6) is 0. The van der Waals surface area contributed by atoms with Gasteiger partial charge in [-0.25, -0.2) is 0 Å². The molecule has 0 aliphatic rings. The lowest BCUT2D eigenvalue weighted by Crippen LogP contribution is -2.09. The van der Waals surface area contributed by atoms with Crippen LogP contribution in [0.3, 0.4) is 0 Å². The average molecular weight is 330 g/mol. The maximum atomic E-state index is 9.27. The smallest absolute Gasteiger partial charge is 0.103 e. The fraction of sp³-hybridized carbons (Fsp3) is 0.250. The summed E-state index contributed by atoms with van der Waals surface area (Å²) in [5.41, 5.74) is 4.29. The Morgan fingerprint density at radius 2 is 1.90 bits per heavy atom. The van der Waals surface area contributed by atoms with Crippen LogP contribution >= 0.6 is 15.9 Å². The molecule has 0 amide bonds. The number of aromatic nitrogens is 1. The number of nitriles is 1. The Morgan fingerprint density at radius 3 is 2.50 bits per heavy atom. The lowest BCUT2D eigenvalue weighted by Gasteiger charge is -2.18. The first-order chi connectivity index (χ1) is 9.51. The first kappa shape index (κ1) is 14.5. The van der Waals surface area contributed by atoms with Crippen LogP contribution in [0.1, 0.15) is 35.5 Å². The minimum absolute atomic E-state index is 0.122. The minimum atomic E-state index is 0.122. The Hall–Kier alpha value is -1.86. The van der Waals surface area contributed by atoms with Crippen molar-refractivity contribution < 1.29 is 0 Å². The van der Waals surface area contributed by atoms with E-state index in [4.69, 9.17) is 0 Å². The normalized spacial score (nSPS) is 11.8. The SMILES string of the molecule is Cc1cc(NC(C)c2ccc(Br)cc2)c(C#N)c(C)n1. The molecule has 4 heteroatoms. The summed E-state index contributed by atoms with van der Waals surface area (Å²) in [6, 6.07) is 12.4. The van der Waals surface area contributed by atoms with Crippen molar-refractivity contribution in [1.29, 1.82) is 5.26 Å². The number of halogens is 1. The first-order valence-corrected chi connectivity index (χ1v) is 7.21. The third-order valence-electron chi connectivity index (χ3n) is 3.18. The Morgan fingerprint density at radius 1 is 1.25 bits per heavy atom. The molecule has 1 unspecified atom stereocenters. The third-order valence-corrected chi connectivity index (χ3v) is 3.71. The predicted molar refractivity (Wildman–Crippen MR) is 84.6 cm³/mol. The van der Waals surface area contributed by atoms with Crippen molar-refractivity contribution in [3.8, 4) is 6.07 Å². The van der Waals surface area contributed by atoms with Gasteiger partial charge in [-0.15, -0.1) is 0 Å². The number of anilines is 1. The lowest BCUT2D eigenvalue weighted by molar-refractivity contribution is 0.880. The van der Waals surface area contributed by atoms with E-state index in [0.717, 1.165) is 21.5 Å². The molecule has 0 bridgehead atoms. The van der Waals surface area contributed by atoms with E-state index < -0.39 is 0 Å². The van der Waals surface area contributed by atoms with Crippen LogP contribution in [0.4, 0.5) is 5.69 Å². The third kappa shape index (κ3) is 3.17. The van der Waals surface area contributed by atoms with Crippen molar-refractivity contribution in [2.45, 2.75) is 26.8 Å². The monoisotopic (exact) mass is 329 g/mol. The van der Waals surface area contributed by atoms with Crippen molar-refractivity contribution in [1.82, 2.24) is 4.98 Å². The van der Waals surface area contributed by atoms with Crippen LogP contribution in [0.25, 0.3) is 0 Å². The maximum absolute atomic E-state index is 9.27. The second-order valence-electron chi connectivity index (χ2n) is 4.80. The Kier molecular flexibility index (Phi) is 4.41. The standard InChI is InChI=1S/C16H16BrN3/c1-10-8-16(15(9-18)12(3)19-10)20-11(2)13-4-6-14(17)7-5-13/h4-8,11H,1-3H3,(H,19,20). The van der Waals surface area contributed by atoms with Crippen molar-refractivity contribution >= 4 is 21.6 Å². The van der Waals surface area contributed by atoms with Gasteiger partial charge in [-0.2, -0.15) is 5.26 Å². The van der Waals surface area contributed by atoms with Crippen molar-refractivity contribution in [3.05, 3.63) is 57.3 Å². The number of hydrogen-bond acceptors (Lipinski definition) is 3. The molecule has 1 aromatic heterocycles. The molecule has 1 aromatic carbocycles. The van der Waals surface area contributed by atoms with Crippen LogP contribution in [0.5, 0.6) is 0 Å². The summed E-state index contributed by atoms with van der Waals surface area (Å²) in [6.45, 7) is 5.88. The van der Waals surface area contributed by atoms with Gasteiger partial charge in [-0.3, -0.25) is 4.98 Å². The molecule has 0 fully saturated rings. The van der Waals surface area contributed by atoms with Gasteiger partial charge >= 0.3 is 0 Å². The van der Waals surface area contributed by atoms with Crippen molar-refractivity contribution in [2.24, 2.45) is 0 Å². The maximum Gasteiger partial charge on any atom is 0.103 e. The van der Waals surface area contributed by atoms with Crippen LogP contribution in [-0.4, -0.2) is 4.98 Å². The molecule has 0 saturated carbocycles. The van der Waals surface area contributed by atoms with Gasteiger partial charge < -0.3 is 5.32 Å². The van der Waals surface area contributed by atoms with E-state index in [0.29, 0.717) is 5.56 Å². The highest BCUT2D eigenvalue weighted by atomic mass is 79.9. The lowest BCUT2D eigenvalue weighted by atomic mass is 10.1. The number of hydrogen-bond donors (Lipinski definition) is 1. The zero-order chi connectivity index (χ0) is 14.7. The molecule has 20 heavy (non-hydrogen) atoms. The molecule has 0 spiro atoms. The molecule has 0 radical (unpaired) electrons. The van der Waals surface area contributed by atoms with Gasteiger partial charge in [0.1, 0.15) is 6.07 Å². The molecule has 1 atom stereocenters. The number of pyridine rings is 1. The zero-order valence-electron chi connectivity index (χ0n) is 11.7. The van der Waals surface area contributed by atoms with E-state index in [-0.39, 0.29) is 6.04 Å². The van der Waals surface area contributed by atoms with E-state index >= 15 is 0 Å². The van der Waals surface area contributed by atoms with Gasteiger partial charge in [0.25, 0.3) is 0 Å². The highest BCUT2D eigenvalue weighted by Crippen LogP contribution is 2.25. The molecule has 1 N–H and O–H groups in total. The van der Waals surface area contributed by atoms with E-state index in [1.165, 1.54) is 5.56 Å². The Balaban J connectivity index is 2.30. The summed E-state index contributed by atoms with van der Waals surface area (Å²) in [5, 5.41) is 12.7. The Bertz CT molecular complexity index is 657. The largest absolute Gasteiger partial charge is 0.377 e. The summed E-state index contributed by atoms with van der Waals surface area (Å²) >= 11 is 3.43. The molecule has 102 valence electrons. The van der Waals surface area contributed by atoms with E-state index in [1.807, 2.05) is 32.0 Å². The number of rotatable bonds is 3. The molecule has 3 nitrogen and oxygen atoms in total. The fourth-order valence-electron chi connectivity index (χ4n) is 2.15. The minimum Gasteiger partial charge on any atom is -0.377 e. The van der Waals surface area contributed by atoms with Gasteiger partial charge in [-0.05, 0) is 44.5 Å². The first-order valence-electron chi connectivity index (χ1n) is 6.41. The van der Waals surface area contributed by atoms with Gasteiger partial charge in [0, 0.05) is 16.2 Å². The van der Waals surface area contributed by atoms with E-state index in [2.05, 4.69) is 51.4 Å². The molecule has 1 heterocycles. The Labute approximate surface area is 127 Å². The topological polar surface area (TPSA) is 48.7 Å². The second kappa shape index (κ2) is 6.06. The molecule has 0 saturated heterocycles. The van der Waals surface area contributed by atoms with Crippen LogP contribution in [0.2, 0.25) is 0 Å². The van der Waals surface area contributed by atoms with Crippen molar-refractivity contribution in [3.63, 3.8) is 0 Å². The molecule has 0 aliphatic carbocycles.